The second-order valence-electron chi connectivity index (χ2n) is 6.74. The SMILES string of the molecule is O=C(NCCNc1nc2ccccc2s1)C1CC(=O)N(c2cc(F)cc(F)c2)C1. The zero-order valence-corrected chi connectivity index (χ0v) is 16.1. The molecule has 3 aromatic rings. The first-order valence-corrected chi connectivity index (χ1v) is 9.95. The summed E-state index contributed by atoms with van der Waals surface area (Å²) in [5, 5.41) is 6.73. The first-order valence-electron chi connectivity index (χ1n) is 9.13. The molecule has 6 nitrogen and oxygen atoms in total. The second kappa shape index (κ2) is 8.12. The third-order valence-corrected chi connectivity index (χ3v) is 5.64. The van der Waals surface area contributed by atoms with Gasteiger partial charge in [-0.15, -0.1) is 0 Å². The molecule has 150 valence electrons. The average molecular weight is 416 g/mol. The number of anilines is 2. The molecule has 1 aromatic heterocycles. The molecule has 0 radical (unpaired) electrons. The molecule has 0 saturated carbocycles. The average Bonchev–Trinajstić information content (AvgIpc) is 3.27. The van der Waals surface area contributed by atoms with E-state index in [-0.39, 0.29) is 30.5 Å². The van der Waals surface area contributed by atoms with Crippen LogP contribution < -0.4 is 15.5 Å². The fourth-order valence-electron chi connectivity index (χ4n) is 3.28. The molecule has 1 saturated heterocycles. The maximum atomic E-state index is 13.4. The van der Waals surface area contributed by atoms with Gasteiger partial charge in [0, 0.05) is 37.8 Å². The second-order valence-corrected chi connectivity index (χ2v) is 7.77. The Morgan fingerprint density at radius 3 is 2.69 bits per heavy atom. The van der Waals surface area contributed by atoms with Crippen LogP contribution in [0.4, 0.5) is 19.6 Å². The van der Waals surface area contributed by atoms with Gasteiger partial charge < -0.3 is 15.5 Å². The summed E-state index contributed by atoms with van der Waals surface area (Å²) in [6.45, 7) is 0.956. The third-order valence-electron chi connectivity index (χ3n) is 4.65. The normalized spacial score (nSPS) is 16.4. The van der Waals surface area contributed by atoms with E-state index in [1.165, 1.54) is 16.2 Å². The number of hydrogen-bond acceptors (Lipinski definition) is 5. The van der Waals surface area contributed by atoms with Crippen molar-refractivity contribution >= 4 is 44.2 Å². The van der Waals surface area contributed by atoms with Crippen molar-refractivity contribution in [2.24, 2.45) is 5.92 Å². The standard InChI is InChI=1S/C20H18F2N4O2S/c21-13-8-14(22)10-15(9-13)26-11-12(7-18(26)27)19(28)23-5-6-24-20-25-16-3-1-2-4-17(16)29-20/h1-4,8-10,12H,5-7,11H2,(H,23,28)(H,24,25). The summed E-state index contributed by atoms with van der Waals surface area (Å²) in [6.07, 6.45) is 0.00919. The lowest BCUT2D eigenvalue weighted by molar-refractivity contribution is -0.126. The highest BCUT2D eigenvalue weighted by atomic mass is 32.1. The largest absolute Gasteiger partial charge is 0.360 e. The lowest BCUT2D eigenvalue weighted by Crippen LogP contribution is -2.35. The summed E-state index contributed by atoms with van der Waals surface area (Å²) in [7, 11) is 0. The predicted molar refractivity (Wildman–Crippen MR) is 108 cm³/mol. The number of thiazole rings is 1. The maximum Gasteiger partial charge on any atom is 0.227 e. The van der Waals surface area contributed by atoms with Crippen LogP contribution in [0.25, 0.3) is 10.2 Å². The number of nitrogens with one attached hydrogen (secondary N) is 2. The van der Waals surface area contributed by atoms with Gasteiger partial charge in [-0.05, 0) is 24.3 Å². The smallest absolute Gasteiger partial charge is 0.227 e. The Kier molecular flexibility index (Phi) is 5.39. The highest BCUT2D eigenvalue weighted by Crippen LogP contribution is 2.27. The van der Waals surface area contributed by atoms with Crippen LogP contribution in [0.5, 0.6) is 0 Å². The van der Waals surface area contributed by atoms with E-state index in [0.717, 1.165) is 33.5 Å². The van der Waals surface area contributed by atoms with Crippen LogP contribution in [0.1, 0.15) is 6.42 Å². The van der Waals surface area contributed by atoms with E-state index in [1.54, 1.807) is 0 Å². The first kappa shape index (κ1) is 19.3. The van der Waals surface area contributed by atoms with Gasteiger partial charge in [0.25, 0.3) is 0 Å². The Bertz CT molecular complexity index is 1020. The van der Waals surface area contributed by atoms with Gasteiger partial charge in [-0.2, -0.15) is 0 Å². The van der Waals surface area contributed by atoms with Crippen molar-refractivity contribution in [1.82, 2.24) is 10.3 Å². The van der Waals surface area contributed by atoms with E-state index in [0.29, 0.717) is 13.1 Å². The summed E-state index contributed by atoms with van der Waals surface area (Å²) in [5.74, 6) is -2.67. The number of amides is 2. The predicted octanol–water partition coefficient (Wildman–Crippen LogP) is 3.16. The molecule has 0 spiro atoms. The van der Waals surface area contributed by atoms with Crippen molar-refractivity contribution in [2.45, 2.75) is 6.42 Å². The fraction of sp³-hybridized carbons (Fsp3) is 0.250. The molecule has 1 aliphatic heterocycles. The Labute approximate surface area is 169 Å². The minimum atomic E-state index is -0.762. The van der Waals surface area contributed by atoms with Crippen LogP contribution in [0, 0.1) is 17.6 Å². The van der Waals surface area contributed by atoms with Gasteiger partial charge in [0.2, 0.25) is 11.8 Å². The lowest BCUT2D eigenvalue weighted by atomic mass is 10.1. The molecule has 2 N–H and O–H groups in total. The number of para-hydroxylation sites is 1. The van der Waals surface area contributed by atoms with Crippen LogP contribution in [-0.4, -0.2) is 36.4 Å². The number of rotatable bonds is 6. The van der Waals surface area contributed by atoms with Crippen molar-refractivity contribution in [3.05, 3.63) is 54.1 Å². The fourth-order valence-corrected chi connectivity index (χ4v) is 4.17. The zero-order chi connectivity index (χ0) is 20.4. The summed E-state index contributed by atoms with van der Waals surface area (Å²) in [4.78, 5) is 30.3. The number of fused-ring (bicyclic) bond motifs is 1. The molecule has 9 heteroatoms. The van der Waals surface area contributed by atoms with Crippen molar-refractivity contribution in [2.75, 3.05) is 29.9 Å². The van der Waals surface area contributed by atoms with Crippen LogP contribution in [-0.2, 0) is 9.59 Å². The van der Waals surface area contributed by atoms with Gasteiger partial charge in [0.15, 0.2) is 5.13 Å². The molecule has 29 heavy (non-hydrogen) atoms. The van der Waals surface area contributed by atoms with Gasteiger partial charge in [-0.1, -0.05) is 23.5 Å². The summed E-state index contributed by atoms with van der Waals surface area (Å²) < 4.78 is 27.9. The minimum Gasteiger partial charge on any atom is -0.360 e. The highest BCUT2D eigenvalue weighted by Gasteiger charge is 2.35. The van der Waals surface area contributed by atoms with Gasteiger partial charge in [0.1, 0.15) is 11.6 Å². The van der Waals surface area contributed by atoms with Crippen molar-refractivity contribution in [3.63, 3.8) is 0 Å². The number of carbonyl (C=O) groups is 2. The number of aromatic nitrogens is 1. The van der Waals surface area contributed by atoms with Gasteiger partial charge in [0.05, 0.1) is 16.1 Å². The van der Waals surface area contributed by atoms with Crippen LogP contribution in [0.3, 0.4) is 0 Å². The molecular weight excluding hydrogens is 398 g/mol. The first-order chi connectivity index (χ1) is 14.0. The summed E-state index contributed by atoms with van der Waals surface area (Å²) in [5.41, 5.74) is 1.04. The van der Waals surface area contributed by atoms with E-state index in [2.05, 4.69) is 15.6 Å². The Balaban J connectivity index is 1.28. The van der Waals surface area contributed by atoms with E-state index < -0.39 is 17.6 Å². The minimum absolute atomic E-state index is 0.00919. The van der Waals surface area contributed by atoms with Gasteiger partial charge >= 0.3 is 0 Å². The number of benzene rings is 2. The molecule has 2 amide bonds. The van der Waals surface area contributed by atoms with Gasteiger partial charge in [-0.25, -0.2) is 13.8 Å². The van der Waals surface area contributed by atoms with Crippen molar-refractivity contribution < 1.29 is 18.4 Å². The summed E-state index contributed by atoms with van der Waals surface area (Å²) in [6, 6.07) is 10.7. The molecule has 4 rings (SSSR count). The Morgan fingerprint density at radius 2 is 1.93 bits per heavy atom. The number of halogens is 2. The molecular formula is C20H18F2N4O2S. The van der Waals surface area contributed by atoms with Crippen LogP contribution in [0.2, 0.25) is 0 Å². The molecule has 1 atom stereocenters. The number of hydrogen-bond donors (Lipinski definition) is 2. The summed E-state index contributed by atoms with van der Waals surface area (Å²) >= 11 is 1.53. The highest BCUT2D eigenvalue weighted by molar-refractivity contribution is 7.22. The van der Waals surface area contributed by atoms with E-state index in [1.807, 2.05) is 24.3 Å². The van der Waals surface area contributed by atoms with Crippen LogP contribution >= 0.6 is 11.3 Å². The molecule has 0 aliphatic carbocycles. The maximum absolute atomic E-state index is 13.4. The number of nitrogens with zero attached hydrogens (tertiary/aromatic N) is 2. The topological polar surface area (TPSA) is 74.3 Å². The van der Waals surface area contributed by atoms with Crippen LogP contribution in [0.15, 0.2) is 42.5 Å². The third kappa shape index (κ3) is 4.34. The Hall–Kier alpha value is -3.07. The number of carbonyl (C=O) groups excluding carboxylic acids is 2. The monoisotopic (exact) mass is 416 g/mol. The van der Waals surface area contributed by atoms with E-state index in [9.17, 15) is 18.4 Å². The molecule has 2 heterocycles. The Morgan fingerprint density at radius 1 is 1.17 bits per heavy atom. The zero-order valence-electron chi connectivity index (χ0n) is 15.3. The molecule has 0 bridgehead atoms. The lowest BCUT2D eigenvalue weighted by Gasteiger charge is -2.17. The van der Waals surface area contributed by atoms with Crippen molar-refractivity contribution in [1.29, 1.82) is 0 Å². The van der Waals surface area contributed by atoms with E-state index >= 15 is 0 Å². The molecule has 1 fully saturated rings. The van der Waals surface area contributed by atoms with E-state index in [4.69, 9.17) is 0 Å². The quantitative estimate of drug-likeness (QED) is 0.606. The molecule has 1 unspecified atom stereocenters. The molecule has 1 aliphatic rings. The van der Waals surface area contributed by atoms with Crippen molar-refractivity contribution in [3.8, 4) is 0 Å². The van der Waals surface area contributed by atoms with Gasteiger partial charge in [-0.3, -0.25) is 9.59 Å². The molecule has 2 aromatic carbocycles.